The van der Waals surface area contributed by atoms with Gasteiger partial charge in [-0.25, -0.2) is 4.79 Å². The third kappa shape index (κ3) is 4.39. The molecule has 0 fully saturated rings. The molecule has 1 heterocycles. The summed E-state index contributed by atoms with van der Waals surface area (Å²) in [6, 6.07) is 6.73. The summed E-state index contributed by atoms with van der Waals surface area (Å²) < 4.78 is 37.2. The van der Waals surface area contributed by atoms with Crippen molar-refractivity contribution in [3.05, 3.63) is 46.8 Å². The summed E-state index contributed by atoms with van der Waals surface area (Å²) in [5.41, 5.74) is 0.938. The number of carbonyl (C=O) groups is 1. The van der Waals surface area contributed by atoms with Gasteiger partial charge in [0, 0.05) is 13.0 Å². The minimum atomic E-state index is -3.03. The second-order valence-corrected chi connectivity index (χ2v) is 8.48. The number of ether oxygens (including phenoxy) is 1. The van der Waals surface area contributed by atoms with Gasteiger partial charge in [0.15, 0.2) is 5.69 Å². The van der Waals surface area contributed by atoms with Gasteiger partial charge in [0.2, 0.25) is 0 Å². The number of halogens is 2. The molecule has 28 heavy (non-hydrogen) atoms. The van der Waals surface area contributed by atoms with Crippen LogP contribution in [0.25, 0.3) is 0 Å². The summed E-state index contributed by atoms with van der Waals surface area (Å²) in [6.07, 6.45) is 2.80. The van der Waals surface area contributed by atoms with Gasteiger partial charge in [0.1, 0.15) is 5.60 Å². The zero-order valence-electron chi connectivity index (χ0n) is 16.8. The molecule has 5 nitrogen and oxygen atoms in total. The third-order valence-corrected chi connectivity index (χ3v) is 5.06. The van der Waals surface area contributed by atoms with Crippen LogP contribution in [0.15, 0.2) is 24.3 Å². The van der Waals surface area contributed by atoms with Crippen LogP contribution in [0.1, 0.15) is 67.3 Å². The Kier molecular flexibility index (Phi) is 5.55. The molecule has 152 valence electrons. The molecular formula is C21H27F2N3O2. The molecule has 0 amide bonds. The number of aryl methyl sites for hydroxylation is 1. The van der Waals surface area contributed by atoms with Crippen molar-refractivity contribution in [2.75, 3.05) is 0 Å². The van der Waals surface area contributed by atoms with Crippen LogP contribution in [0.2, 0.25) is 0 Å². The molecule has 0 spiro atoms. The topological polar surface area (TPSA) is 57.0 Å². The number of esters is 1. The minimum absolute atomic E-state index is 0.190. The fourth-order valence-corrected chi connectivity index (χ4v) is 3.60. The predicted molar refractivity (Wildman–Crippen MR) is 101 cm³/mol. The smallest absolute Gasteiger partial charge is 0.338 e. The van der Waals surface area contributed by atoms with Gasteiger partial charge in [-0.05, 0) is 64.2 Å². The number of rotatable bonds is 3. The van der Waals surface area contributed by atoms with Crippen molar-refractivity contribution in [1.82, 2.24) is 15.0 Å². The first-order valence-electron chi connectivity index (χ1n) is 9.67. The molecule has 0 aliphatic heterocycles. The lowest BCUT2D eigenvalue weighted by Crippen LogP contribution is -2.31. The zero-order valence-corrected chi connectivity index (χ0v) is 16.8. The molecule has 2 aromatic rings. The lowest BCUT2D eigenvalue weighted by atomic mass is 9.84. The van der Waals surface area contributed by atoms with Crippen molar-refractivity contribution in [3.63, 3.8) is 0 Å². The summed E-state index contributed by atoms with van der Waals surface area (Å²) in [5, 5.41) is 7.59. The summed E-state index contributed by atoms with van der Waals surface area (Å²) in [7, 11) is 1.66. The van der Waals surface area contributed by atoms with Gasteiger partial charge >= 0.3 is 5.97 Å². The fraction of sp³-hybridized carbons (Fsp3) is 0.571. The van der Waals surface area contributed by atoms with E-state index in [0.717, 1.165) is 18.4 Å². The Morgan fingerprint density at radius 2 is 1.93 bits per heavy atom. The zero-order chi connectivity index (χ0) is 20.5. The summed E-state index contributed by atoms with van der Waals surface area (Å²) >= 11 is 0. The highest BCUT2D eigenvalue weighted by Crippen LogP contribution is 2.42. The van der Waals surface area contributed by atoms with Crippen molar-refractivity contribution >= 4 is 5.97 Å². The Balaban J connectivity index is 1.78. The van der Waals surface area contributed by atoms with Crippen molar-refractivity contribution in [2.24, 2.45) is 13.0 Å². The van der Waals surface area contributed by atoms with Gasteiger partial charge in [-0.15, -0.1) is 5.10 Å². The lowest BCUT2D eigenvalue weighted by Gasteiger charge is -2.28. The van der Waals surface area contributed by atoms with Gasteiger partial charge in [-0.1, -0.05) is 23.8 Å². The molecule has 0 bridgehead atoms. The number of nitrogens with zero attached hydrogens (tertiary/aromatic N) is 3. The molecule has 0 N–H and O–H groups in total. The normalized spacial score (nSPS) is 19.4. The number of fused-ring (bicyclic) bond motifs is 1. The molecule has 0 saturated heterocycles. The second kappa shape index (κ2) is 7.60. The average Bonchev–Trinajstić information content (AvgIpc) is 2.96. The van der Waals surface area contributed by atoms with E-state index in [9.17, 15) is 4.79 Å². The maximum atomic E-state index is 15.2. The summed E-state index contributed by atoms with van der Waals surface area (Å²) in [6.45, 7) is 5.41. The highest BCUT2D eigenvalue weighted by molar-refractivity contribution is 5.89. The van der Waals surface area contributed by atoms with Crippen LogP contribution in [-0.4, -0.2) is 26.6 Å². The van der Waals surface area contributed by atoms with E-state index in [1.807, 2.05) is 0 Å². The summed E-state index contributed by atoms with van der Waals surface area (Å²) in [4.78, 5) is 12.1. The third-order valence-electron chi connectivity index (χ3n) is 5.06. The highest BCUT2D eigenvalue weighted by atomic mass is 19.3. The van der Waals surface area contributed by atoms with Gasteiger partial charge in [0.05, 0.1) is 11.3 Å². The number of carbonyl (C=O) groups excluding carboxylic acids is 1. The van der Waals surface area contributed by atoms with E-state index in [4.69, 9.17) is 4.74 Å². The van der Waals surface area contributed by atoms with E-state index >= 15 is 8.78 Å². The van der Waals surface area contributed by atoms with Gasteiger partial charge in [-0.2, -0.15) is 8.78 Å². The van der Waals surface area contributed by atoms with Crippen LogP contribution in [0.5, 0.6) is 0 Å². The molecule has 0 radical (unpaired) electrons. The first kappa shape index (κ1) is 20.4. The molecule has 1 aliphatic carbocycles. The van der Waals surface area contributed by atoms with Crippen molar-refractivity contribution < 1.29 is 18.3 Å². The lowest BCUT2D eigenvalue weighted by molar-refractivity contribution is -0.0751. The quantitative estimate of drug-likeness (QED) is 0.726. The molecule has 1 aliphatic rings. The first-order valence-corrected chi connectivity index (χ1v) is 9.67. The van der Waals surface area contributed by atoms with Crippen molar-refractivity contribution in [3.8, 4) is 0 Å². The van der Waals surface area contributed by atoms with E-state index < -0.39 is 23.4 Å². The minimum Gasteiger partial charge on any atom is -0.456 e. The Morgan fingerprint density at radius 3 is 2.57 bits per heavy atom. The number of hydrogen-bond donors (Lipinski definition) is 0. The van der Waals surface area contributed by atoms with E-state index in [0.29, 0.717) is 24.1 Å². The van der Waals surface area contributed by atoms with Crippen LogP contribution >= 0.6 is 0 Å². The second-order valence-electron chi connectivity index (χ2n) is 8.48. The predicted octanol–water partition coefficient (Wildman–Crippen LogP) is 4.45. The Morgan fingerprint density at radius 1 is 1.25 bits per heavy atom. The molecule has 1 aromatic heterocycles. The standard InChI is InChI=1S/C21H27F2N3O2/c1-20(2,3)28-19(27)15-11-9-14(10-12-15)13-16-7-5-6-8-17-18(21(16,22)23)24-25-26(17)4/h9-12,16H,5-8,13H2,1-4H3. The molecule has 7 heteroatoms. The monoisotopic (exact) mass is 391 g/mol. The van der Waals surface area contributed by atoms with Crippen molar-refractivity contribution in [2.45, 2.75) is 64.4 Å². The van der Waals surface area contributed by atoms with E-state index in [1.54, 1.807) is 52.1 Å². The van der Waals surface area contributed by atoms with Crippen LogP contribution in [0.3, 0.4) is 0 Å². The largest absolute Gasteiger partial charge is 0.456 e. The van der Waals surface area contributed by atoms with E-state index in [2.05, 4.69) is 10.3 Å². The molecular weight excluding hydrogens is 364 g/mol. The number of benzene rings is 1. The maximum Gasteiger partial charge on any atom is 0.338 e. The van der Waals surface area contributed by atoms with E-state index in [-0.39, 0.29) is 12.1 Å². The molecule has 0 saturated carbocycles. The first-order chi connectivity index (χ1) is 13.1. The van der Waals surface area contributed by atoms with Crippen molar-refractivity contribution in [1.29, 1.82) is 0 Å². The molecule has 1 atom stereocenters. The highest BCUT2D eigenvalue weighted by Gasteiger charge is 2.46. The molecule has 3 rings (SSSR count). The van der Waals surface area contributed by atoms with Crippen LogP contribution < -0.4 is 0 Å². The van der Waals surface area contributed by atoms with Gasteiger partial charge in [0.25, 0.3) is 5.92 Å². The fourth-order valence-electron chi connectivity index (χ4n) is 3.60. The maximum absolute atomic E-state index is 15.2. The molecule has 1 unspecified atom stereocenters. The Bertz CT molecular complexity index is 838. The number of aromatic nitrogens is 3. The average molecular weight is 391 g/mol. The Hall–Kier alpha value is -2.31. The van der Waals surface area contributed by atoms with Crippen LogP contribution in [0, 0.1) is 5.92 Å². The number of alkyl halides is 2. The van der Waals surface area contributed by atoms with Crippen LogP contribution in [0.4, 0.5) is 8.78 Å². The van der Waals surface area contributed by atoms with E-state index in [1.165, 1.54) is 4.68 Å². The van der Waals surface area contributed by atoms with Crippen LogP contribution in [-0.2, 0) is 30.5 Å². The molecule has 1 aromatic carbocycles. The Labute approximate surface area is 164 Å². The SMILES string of the molecule is Cn1nnc2c1CCCCC(Cc1ccc(C(=O)OC(C)(C)C)cc1)C2(F)F. The van der Waals surface area contributed by atoms with Gasteiger partial charge in [-0.3, -0.25) is 4.68 Å². The summed E-state index contributed by atoms with van der Waals surface area (Å²) in [5.74, 6) is -4.30. The van der Waals surface area contributed by atoms with Gasteiger partial charge < -0.3 is 4.74 Å². The number of hydrogen-bond acceptors (Lipinski definition) is 4.